The molecular weight excluding hydrogens is 346 g/mol. The van der Waals surface area contributed by atoms with Gasteiger partial charge in [-0.05, 0) is 47.2 Å². The molecule has 0 aliphatic carbocycles. The van der Waals surface area contributed by atoms with Crippen LogP contribution in [-0.2, 0) is 20.0 Å². The van der Waals surface area contributed by atoms with Crippen LogP contribution in [0.4, 0.5) is 5.69 Å². The number of amides is 1. The highest BCUT2D eigenvalue weighted by molar-refractivity contribution is 7.90. The Balaban J connectivity index is 2.13. The quantitative estimate of drug-likeness (QED) is 0.813. The van der Waals surface area contributed by atoms with Gasteiger partial charge >= 0.3 is 0 Å². The summed E-state index contributed by atoms with van der Waals surface area (Å²) in [4.78, 5) is 12.4. The third-order valence-electron chi connectivity index (χ3n) is 4.10. The topological polar surface area (TPSA) is 63.2 Å². The maximum atomic E-state index is 12.2. The van der Waals surface area contributed by atoms with E-state index in [-0.39, 0.29) is 16.2 Å². The molecular formula is C21H25NO3S. The Labute approximate surface area is 155 Å². The van der Waals surface area contributed by atoms with E-state index in [0.29, 0.717) is 5.69 Å². The van der Waals surface area contributed by atoms with Crippen LogP contribution in [0.5, 0.6) is 0 Å². The zero-order valence-electron chi connectivity index (χ0n) is 15.8. The van der Waals surface area contributed by atoms with Gasteiger partial charge in [-0.1, -0.05) is 51.1 Å². The molecule has 0 aliphatic heterocycles. The summed E-state index contributed by atoms with van der Waals surface area (Å²) in [5.74, 6) is -0.307. The molecule has 26 heavy (non-hydrogen) atoms. The molecule has 1 amide bonds. The van der Waals surface area contributed by atoms with E-state index < -0.39 is 9.84 Å². The second kappa shape index (κ2) is 7.46. The van der Waals surface area contributed by atoms with Crippen LogP contribution in [0.1, 0.15) is 37.5 Å². The fourth-order valence-electron chi connectivity index (χ4n) is 2.41. The van der Waals surface area contributed by atoms with Crippen molar-refractivity contribution in [2.45, 2.75) is 38.0 Å². The molecule has 2 aromatic rings. The number of rotatable bonds is 4. The minimum absolute atomic E-state index is 0.0851. The van der Waals surface area contributed by atoms with Gasteiger partial charge in [-0.3, -0.25) is 4.79 Å². The Kier molecular flexibility index (Phi) is 5.71. The minimum Gasteiger partial charge on any atom is -0.322 e. The molecule has 0 unspecified atom stereocenters. The number of nitrogens with one attached hydrogen (secondary N) is 1. The summed E-state index contributed by atoms with van der Waals surface area (Å²) in [6.07, 6.45) is 4.32. The summed E-state index contributed by atoms with van der Waals surface area (Å²) >= 11 is 0. The lowest BCUT2D eigenvalue weighted by Gasteiger charge is -2.18. The smallest absolute Gasteiger partial charge is 0.248 e. The number of benzene rings is 2. The predicted molar refractivity (Wildman–Crippen MR) is 107 cm³/mol. The molecule has 0 aliphatic rings. The van der Waals surface area contributed by atoms with Crippen molar-refractivity contribution in [1.29, 1.82) is 0 Å². The van der Waals surface area contributed by atoms with Crippen molar-refractivity contribution in [2.75, 3.05) is 11.6 Å². The van der Waals surface area contributed by atoms with Gasteiger partial charge in [0.1, 0.15) is 0 Å². The molecule has 0 radical (unpaired) electrons. The van der Waals surface area contributed by atoms with E-state index in [4.69, 9.17) is 0 Å². The normalized spacial score (nSPS) is 12.3. The van der Waals surface area contributed by atoms with Crippen molar-refractivity contribution in [2.24, 2.45) is 0 Å². The number of carbonyl (C=O) groups excluding carboxylic acids is 1. The Morgan fingerprint density at radius 3 is 2.19 bits per heavy atom. The molecule has 0 fully saturated rings. The number of hydrogen-bond donors (Lipinski definition) is 1. The molecule has 5 heteroatoms. The summed E-state index contributed by atoms with van der Waals surface area (Å²) in [6, 6.07) is 12.7. The molecule has 0 spiro atoms. The lowest BCUT2D eigenvalue weighted by atomic mass is 9.87. The Bertz CT molecular complexity index is 934. The van der Waals surface area contributed by atoms with Crippen molar-refractivity contribution in [1.82, 2.24) is 0 Å². The van der Waals surface area contributed by atoms with Gasteiger partial charge in [-0.25, -0.2) is 8.42 Å². The molecule has 1 N–H and O–H groups in total. The van der Waals surface area contributed by atoms with Crippen LogP contribution in [0.2, 0.25) is 0 Å². The van der Waals surface area contributed by atoms with Crippen LogP contribution >= 0.6 is 0 Å². The maximum absolute atomic E-state index is 12.2. The van der Waals surface area contributed by atoms with E-state index in [9.17, 15) is 13.2 Å². The van der Waals surface area contributed by atoms with E-state index >= 15 is 0 Å². The first-order valence-corrected chi connectivity index (χ1v) is 10.3. The maximum Gasteiger partial charge on any atom is 0.248 e. The fraction of sp³-hybridized carbons (Fsp3) is 0.286. The Morgan fingerprint density at radius 2 is 1.65 bits per heavy atom. The molecule has 0 heterocycles. The number of aryl methyl sites for hydroxylation is 1. The van der Waals surface area contributed by atoms with E-state index in [2.05, 4.69) is 38.2 Å². The molecule has 0 saturated carbocycles. The van der Waals surface area contributed by atoms with E-state index in [0.717, 1.165) is 17.4 Å². The van der Waals surface area contributed by atoms with Crippen LogP contribution in [-0.4, -0.2) is 20.6 Å². The van der Waals surface area contributed by atoms with Gasteiger partial charge in [0.25, 0.3) is 0 Å². The first-order chi connectivity index (χ1) is 12.0. The third kappa shape index (κ3) is 5.30. The van der Waals surface area contributed by atoms with E-state index in [1.54, 1.807) is 12.1 Å². The number of sulfone groups is 1. The number of hydrogen-bond acceptors (Lipinski definition) is 3. The Hall–Kier alpha value is -2.40. The summed E-state index contributed by atoms with van der Waals surface area (Å²) in [5.41, 5.74) is 3.53. The van der Waals surface area contributed by atoms with E-state index in [1.165, 1.54) is 23.8 Å². The fourth-order valence-corrected chi connectivity index (χ4v) is 3.05. The van der Waals surface area contributed by atoms with Crippen LogP contribution in [0.3, 0.4) is 0 Å². The summed E-state index contributed by atoms with van der Waals surface area (Å²) in [5, 5.41) is 2.74. The van der Waals surface area contributed by atoms with Gasteiger partial charge < -0.3 is 5.32 Å². The van der Waals surface area contributed by atoms with Gasteiger partial charge in [0.05, 0.1) is 4.90 Å². The summed E-state index contributed by atoms with van der Waals surface area (Å²) in [7, 11) is -3.32. The van der Waals surface area contributed by atoms with Crippen LogP contribution < -0.4 is 5.32 Å². The van der Waals surface area contributed by atoms with Gasteiger partial charge in [-0.15, -0.1) is 0 Å². The third-order valence-corrected chi connectivity index (χ3v) is 5.21. The molecule has 0 bridgehead atoms. The van der Waals surface area contributed by atoms with Crippen LogP contribution in [0, 0.1) is 6.92 Å². The molecule has 0 saturated heterocycles. The van der Waals surface area contributed by atoms with Gasteiger partial charge in [0.15, 0.2) is 9.84 Å². The van der Waals surface area contributed by atoms with Crippen molar-refractivity contribution < 1.29 is 13.2 Å². The number of anilines is 1. The van der Waals surface area contributed by atoms with Crippen LogP contribution in [0.15, 0.2) is 53.4 Å². The SMILES string of the molecule is Cc1ccc(S(C)(=O)=O)cc1NC(=O)/C=C/c1ccc(C(C)(C)C)cc1. The Morgan fingerprint density at radius 1 is 1.04 bits per heavy atom. The van der Waals surface area contributed by atoms with Crippen molar-refractivity contribution >= 4 is 27.5 Å². The zero-order chi connectivity index (χ0) is 19.5. The van der Waals surface area contributed by atoms with Crippen molar-refractivity contribution in [3.05, 3.63) is 65.2 Å². The van der Waals surface area contributed by atoms with Gasteiger partial charge in [0.2, 0.25) is 5.91 Å². The average molecular weight is 372 g/mol. The standard InChI is InChI=1S/C21H25NO3S/c1-15-6-12-18(26(5,24)25)14-19(15)22-20(23)13-9-16-7-10-17(11-8-16)21(2,3)4/h6-14H,1-5H3,(H,22,23)/b13-9+. The minimum atomic E-state index is -3.32. The first-order valence-electron chi connectivity index (χ1n) is 8.37. The second-order valence-electron chi connectivity index (χ2n) is 7.44. The van der Waals surface area contributed by atoms with Crippen molar-refractivity contribution in [3.63, 3.8) is 0 Å². The highest BCUT2D eigenvalue weighted by Crippen LogP contribution is 2.23. The highest BCUT2D eigenvalue weighted by atomic mass is 32.2. The monoisotopic (exact) mass is 371 g/mol. The average Bonchev–Trinajstić information content (AvgIpc) is 2.53. The first kappa shape index (κ1) is 19.9. The molecule has 138 valence electrons. The molecule has 2 rings (SSSR count). The van der Waals surface area contributed by atoms with E-state index in [1.807, 2.05) is 19.1 Å². The van der Waals surface area contributed by atoms with Gasteiger partial charge in [-0.2, -0.15) is 0 Å². The molecule has 2 aromatic carbocycles. The highest BCUT2D eigenvalue weighted by Gasteiger charge is 2.13. The second-order valence-corrected chi connectivity index (χ2v) is 9.46. The largest absolute Gasteiger partial charge is 0.322 e. The lowest BCUT2D eigenvalue weighted by Crippen LogP contribution is -2.10. The zero-order valence-corrected chi connectivity index (χ0v) is 16.6. The number of carbonyl (C=O) groups is 1. The van der Waals surface area contributed by atoms with Gasteiger partial charge in [0, 0.05) is 18.0 Å². The lowest BCUT2D eigenvalue weighted by molar-refractivity contribution is -0.111. The predicted octanol–water partition coefficient (Wildman–Crippen LogP) is 4.35. The molecule has 0 atom stereocenters. The van der Waals surface area contributed by atoms with Crippen LogP contribution in [0.25, 0.3) is 6.08 Å². The molecule has 0 aromatic heterocycles. The van der Waals surface area contributed by atoms with Crippen molar-refractivity contribution in [3.8, 4) is 0 Å². The molecule has 4 nitrogen and oxygen atoms in total. The summed E-state index contributed by atoms with van der Waals surface area (Å²) in [6.45, 7) is 8.27. The summed E-state index contributed by atoms with van der Waals surface area (Å²) < 4.78 is 23.3.